The van der Waals surface area contributed by atoms with Crippen LogP contribution in [0.15, 0.2) is 34.0 Å². The van der Waals surface area contributed by atoms with Crippen molar-refractivity contribution in [1.82, 2.24) is 14.0 Å². The van der Waals surface area contributed by atoms with Crippen molar-refractivity contribution in [2.45, 2.75) is 32.4 Å². The molecular formula is C18H16N4O3. The average Bonchev–Trinajstić information content (AvgIpc) is 3.11. The summed E-state index contributed by atoms with van der Waals surface area (Å²) in [6.07, 6.45) is 3.38. The van der Waals surface area contributed by atoms with E-state index in [9.17, 15) is 14.9 Å². The standard InChI is InChI=1S/C18H16N4O3/c1-11-4-5-15-20-16-14(18(24)21(15)9-11)7-12(8-19)17(23)22(16)10-13-3-2-6-25-13/h4-5,7,9,13H,2-3,6,10H2,1H3/t13-/m1/s1. The van der Waals surface area contributed by atoms with Crippen LogP contribution in [0.4, 0.5) is 0 Å². The number of aryl methyl sites for hydroxylation is 1. The first-order valence-corrected chi connectivity index (χ1v) is 8.17. The first kappa shape index (κ1) is 15.5. The molecule has 126 valence electrons. The third kappa shape index (κ3) is 2.51. The van der Waals surface area contributed by atoms with Crippen LogP contribution in [-0.4, -0.2) is 26.7 Å². The normalized spacial score (nSPS) is 17.2. The topological polar surface area (TPSA) is 89.4 Å². The van der Waals surface area contributed by atoms with Gasteiger partial charge in [-0.3, -0.25) is 18.6 Å². The van der Waals surface area contributed by atoms with E-state index in [-0.39, 0.29) is 22.6 Å². The molecule has 0 amide bonds. The molecule has 7 nitrogen and oxygen atoms in total. The molecule has 3 aromatic rings. The third-order valence-corrected chi connectivity index (χ3v) is 4.54. The van der Waals surface area contributed by atoms with Crippen molar-refractivity contribution in [2.24, 2.45) is 0 Å². The Morgan fingerprint density at radius 1 is 1.36 bits per heavy atom. The van der Waals surface area contributed by atoms with Gasteiger partial charge in [0.25, 0.3) is 11.1 Å². The van der Waals surface area contributed by atoms with Crippen molar-refractivity contribution in [3.8, 4) is 6.07 Å². The van der Waals surface area contributed by atoms with E-state index in [1.54, 1.807) is 12.3 Å². The van der Waals surface area contributed by atoms with Crippen molar-refractivity contribution in [2.75, 3.05) is 6.61 Å². The minimum Gasteiger partial charge on any atom is -0.376 e. The number of hydrogen-bond donors (Lipinski definition) is 0. The van der Waals surface area contributed by atoms with Gasteiger partial charge in [0.05, 0.1) is 18.0 Å². The largest absolute Gasteiger partial charge is 0.376 e. The predicted molar refractivity (Wildman–Crippen MR) is 91.7 cm³/mol. The van der Waals surface area contributed by atoms with Gasteiger partial charge in [0.1, 0.15) is 17.3 Å². The zero-order valence-electron chi connectivity index (χ0n) is 13.7. The minimum absolute atomic E-state index is 0.0583. The van der Waals surface area contributed by atoms with Crippen LogP contribution < -0.4 is 11.1 Å². The maximum absolute atomic E-state index is 12.9. The van der Waals surface area contributed by atoms with Crippen molar-refractivity contribution in [3.63, 3.8) is 0 Å². The molecule has 0 saturated carbocycles. The second-order valence-electron chi connectivity index (χ2n) is 6.31. The van der Waals surface area contributed by atoms with E-state index in [2.05, 4.69) is 4.98 Å². The highest BCUT2D eigenvalue weighted by Crippen LogP contribution is 2.16. The molecule has 7 heteroatoms. The average molecular weight is 336 g/mol. The van der Waals surface area contributed by atoms with Gasteiger partial charge in [0, 0.05) is 12.8 Å². The summed E-state index contributed by atoms with van der Waals surface area (Å²) in [7, 11) is 0. The molecule has 0 aliphatic carbocycles. The Bertz CT molecular complexity index is 1150. The van der Waals surface area contributed by atoms with Crippen molar-refractivity contribution in [3.05, 3.63) is 56.2 Å². The highest BCUT2D eigenvalue weighted by atomic mass is 16.5. The molecule has 0 bridgehead atoms. The van der Waals surface area contributed by atoms with Crippen LogP contribution in [0.1, 0.15) is 24.0 Å². The summed E-state index contributed by atoms with van der Waals surface area (Å²) in [5.41, 5.74) is 0.901. The monoisotopic (exact) mass is 336 g/mol. The van der Waals surface area contributed by atoms with Gasteiger partial charge in [0.15, 0.2) is 5.65 Å². The fourth-order valence-electron chi connectivity index (χ4n) is 3.27. The summed E-state index contributed by atoms with van der Waals surface area (Å²) < 4.78 is 8.47. The van der Waals surface area contributed by atoms with Crippen molar-refractivity contribution in [1.29, 1.82) is 5.26 Å². The Balaban J connectivity index is 2.07. The molecule has 3 aromatic heterocycles. The number of nitriles is 1. The van der Waals surface area contributed by atoms with Gasteiger partial charge in [0.2, 0.25) is 0 Å². The Morgan fingerprint density at radius 2 is 2.20 bits per heavy atom. The molecule has 1 atom stereocenters. The van der Waals surface area contributed by atoms with E-state index < -0.39 is 5.56 Å². The van der Waals surface area contributed by atoms with E-state index in [4.69, 9.17) is 4.74 Å². The second-order valence-corrected chi connectivity index (χ2v) is 6.31. The second kappa shape index (κ2) is 5.83. The van der Waals surface area contributed by atoms with Gasteiger partial charge in [-0.15, -0.1) is 0 Å². The molecule has 1 aliphatic rings. The molecule has 25 heavy (non-hydrogen) atoms. The van der Waals surface area contributed by atoms with E-state index in [0.29, 0.717) is 24.4 Å². The number of fused-ring (bicyclic) bond motifs is 2. The van der Waals surface area contributed by atoms with Gasteiger partial charge in [-0.1, -0.05) is 6.07 Å². The van der Waals surface area contributed by atoms with Crippen LogP contribution in [-0.2, 0) is 11.3 Å². The van der Waals surface area contributed by atoms with E-state index in [1.165, 1.54) is 15.0 Å². The molecule has 0 unspecified atom stereocenters. The fourth-order valence-corrected chi connectivity index (χ4v) is 3.27. The van der Waals surface area contributed by atoms with Gasteiger partial charge in [-0.2, -0.15) is 5.26 Å². The zero-order chi connectivity index (χ0) is 17.6. The molecule has 1 fully saturated rings. The molecule has 4 rings (SSSR count). The van der Waals surface area contributed by atoms with Crippen LogP contribution in [0.5, 0.6) is 0 Å². The SMILES string of the molecule is Cc1ccc2nc3c(cc(C#N)c(=O)n3C[C@H]3CCCO3)c(=O)n2c1. The summed E-state index contributed by atoms with van der Waals surface area (Å²) >= 11 is 0. The number of hydrogen-bond acceptors (Lipinski definition) is 5. The summed E-state index contributed by atoms with van der Waals surface area (Å²) in [5.74, 6) is 0. The predicted octanol–water partition coefficient (Wildman–Crippen LogP) is 1.37. The molecule has 0 aromatic carbocycles. The molecule has 1 aliphatic heterocycles. The lowest BCUT2D eigenvalue weighted by atomic mass is 10.2. The first-order valence-electron chi connectivity index (χ1n) is 8.17. The molecule has 0 spiro atoms. The molecule has 0 radical (unpaired) electrons. The van der Waals surface area contributed by atoms with E-state index in [0.717, 1.165) is 18.4 Å². The Labute approximate surface area is 142 Å². The maximum Gasteiger partial charge on any atom is 0.270 e. The van der Waals surface area contributed by atoms with E-state index >= 15 is 0 Å². The summed E-state index contributed by atoms with van der Waals surface area (Å²) in [6, 6.07) is 6.84. The highest BCUT2D eigenvalue weighted by Gasteiger charge is 2.21. The number of rotatable bonds is 2. The maximum atomic E-state index is 12.9. The Hall–Kier alpha value is -2.98. The van der Waals surface area contributed by atoms with Gasteiger partial charge < -0.3 is 4.74 Å². The lowest BCUT2D eigenvalue weighted by Crippen LogP contribution is -2.31. The third-order valence-electron chi connectivity index (χ3n) is 4.54. The summed E-state index contributed by atoms with van der Waals surface area (Å²) in [5, 5.41) is 9.55. The number of pyridine rings is 2. The van der Waals surface area contributed by atoms with Gasteiger partial charge in [-0.05, 0) is 37.5 Å². The van der Waals surface area contributed by atoms with Crippen LogP contribution in [0.25, 0.3) is 16.7 Å². The van der Waals surface area contributed by atoms with Crippen molar-refractivity contribution >= 4 is 16.7 Å². The molecule has 4 heterocycles. The Morgan fingerprint density at radius 3 is 2.92 bits per heavy atom. The Kier molecular flexibility index (Phi) is 3.62. The lowest BCUT2D eigenvalue weighted by Gasteiger charge is -2.15. The van der Waals surface area contributed by atoms with E-state index in [1.807, 2.05) is 19.1 Å². The summed E-state index contributed by atoms with van der Waals surface area (Å²) in [6.45, 7) is 2.84. The fraction of sp³-hybridized carbons (Fsp3) is 0.333. The van der Waals surface area contributed by atoms with Crippen LogP contribution in [0.2, 0.25) is 0 Å². The van der Waals surface area contributed by atoms with Crippen LogP contribution in [0.3, 0.4) is 0 Å². The summed E-state index contributed by atoms with van der Waals surface area (Å²) in [4.78, 5) is 30.0. The molecule has 0 N–H and O–H groups in total. The first-order chi connectivity index (χ1) is 12.1. The highest BCUT2D eigenvalue weighted by molar-refractivity contribution is 5.77. The zero-order valence-corrected chi connectivity index (χ0v) is 13.7. The van der Waals surface area contributed by atoms with Gasteiger partial charge >= 0.3 is 0 Å². The lowest BCUT2D eigenvalue weighted by molar-refractivity contribution is 0.0971. The quantitative estimate of drug-likeness (QED) is 0.659. The smallest absolute Gasteiger partial charge is 0.270 e. The van der Waals surface area contributed by atoms with Crippen LogP contribution in [0, 0.1) is 18.3 Å². The minimum atomic E-state index is -0.436. The van der Waals surface area contributed by atoms with Crippen molar-refractivity contribution < 1.29 is 4.74 Å². The number of aromatic nitrogens is 3. The molecular weight excluding hydrogens is 320 g/mol. The van der Waals surface area contributed by atoms with Crippen LogP contribution >= 0.6 is 0 Å². The number of ether oxygens (including phenoxy) is 1. The molecule has 1 saturated heterocycles. The van der Waals surface area contributed by atoms with Gasteiger partial charge in [-0.25, -0.2) is 4.98 Å². The number of nitrogens with zero attached hydrogens (tertiary/aromatic N) is 4.